The number of nitrogens with two attached hydrogens (primary N) is 1. The van der Waals surface area contributed by atoms with E-state index in [2.05, 4.69) is 46.4 Å². The number of nitrogen functional groups attached to an aromatic ring is 1. The van der Waals surface area contributed by atoms with Crippen molar-refractivity contribution in [3.63, 3.8) is 0 Å². The van der Waals surface area contributed by atoms with E-state index < -0.39 is 0 Å². The van der Waals surface area contributed by atoms with Gasteiger partial charge in [-0.1, -0.05) is 27.7 Å². The number of anilines is 2. The summed E-state index contributed by atoms with van der Waals surface area (Å²) >= 11 is 0. The lowest BCUT2D eigenvalue weighted by atomic mass is 9.87. The molecular weight excluding hydrogens is 392 g/mol. The number of aromatic nitrogens is 1. The largest absolute Gasteiger partial charge is 0.395 e. The lowest BCUT2D eigenvalue weighted by Crippen LogP contribution is -2.57. The zero-order valence-corrected chi connectivity index (χ0v) is 20.3. The minimum absolute atomic E-state index is 0.123. The van der Waals surface area contributed by atoms with Gasteiger partial charge in [0.05, 0.1) is 42.7 Å². The van der Waals surface area contributed by atoms with Gasteiger partial charge in [0, 0.05) is 38.7 Å². The predicted octanol–water partition coefficient (Wildman–Crippen LogP) is 3.35. The number of pyridine rings is 1. The smallest absolute Gasteiger partial charge is 0.225 e. The molecule has 3 heterocycles. The average molecular weight is 433 g/mol. The van der Waals surface area contributed by atoms with Crippen LogP contribution in [0.25, 0.3) is 0 Å². The Kier molecular flexibility index (Phi) is 7.16. The van der Waals surface area contributed by atoms with Gasteiger partial charge in [0.25, 0.3) is 0 Å². The van der Waals surface area contributed by atoms with E-state index in [4.69, 9.17) is 20.2 Å². The first-order valence-corrected chi connectivity index (χ1v) is 11.5. The highest BCUT2D eigenvalue weighted by Crippen LogP contribution is 2.39. The van der Waals surface area contributed by atoms with E-state index in [1.54, 1.807) is 7.11 Å². The van der Waals surface area contributed by atoms with Crippen LogP contribution >= 0.6 is 0 Å². The zero-order chi connectivity index (χ0) is 22.9. The second kappa shape index (κ2) is 9.33. The average Bonchev–Trinajstić information content (AvgIpc) is 2.71. The highest BCUT2D eigenvalue weighted by atomic mass is 16.5. The van der Waals surface area contributed by atoms with Gasteiger partial charge in [0.1, 0.15) is 0 Å². The Morgan fingerprint density at radius 1 is 1.26 bits per heavy atom. The molecule has 3 rings (SSSR count). The Labute approximate surface area is 187 Å². The van der Waals surface area contributed by atoms with Crippen LogP contribution in [-0.2, 0) is 27.3 Å². The Morgan fingerprint density at radius 2 is 1.97 bits per heavy atom. The van der Waals surface area contributed by atoms with E-state index in [1.165, 1.54) is 5.56 Å². The van der Waals surface area contributed by atoms with Crippen molar-refractivity contribution in [3.05, 3.63) is 16.8 Å². The summed E-state index contributed by atoms with van der Waals surface area (Å²) in [5.41, 5.74) is 10.7. The van der Waals surface area contributed by atoms with E-state index in [9.17, 15) is 4.79 Å². The highest BCUT2D eigenvalue weighted by Gasteiger charge is 2.36. The molecule has 1 saturated heterocycles. The highest BCUT2D eigenvalue weighted by molar-refractivity contribution is 5.77. The molecular formula is C24H40N4O3. The van der Waals surface area contributed by atoms with Gasteiger partial charge in [-0.15, -0.1) is 0 Å². The van der Waals surface area contributed by atoms with Crippen LogP contribution in [0.5, 0.6) is 0 Å². The molecule has 0 aliphatic carbocycles. The third-order valence-corrected chi connectivity index (χ3v) is 6.55. The number of rotatable bonds is 6. The number of nitrogens with zero attached hydrogens (tertiary/aromatic N) is 3. The Hall–Kier alpha value is -1.86. The normalized spacial score (nSPS) is 21.0. The van der Waals surface area contributed by atoms with Gasteiger partial charge >= 0.3 is 0 Å². The van der Waals surface area contributed by atoms with E-state index in [0.717, 1.165) is 42.3 Å². The number of hydrogen-bond acceptors (Lipinski definition) is 6. The van der Waals surface area contributed by atoms with E-state index in [-0.39, 0.29) is 23.5 Å². The summed E-state index contributed by atoms with van der Waals surface area (Å²) in [5.74, 6) is 1.66. The molecule has 0 spiro atoms. The molecule has 2 aliphatic heterocycles. The molecule has 2 N–H and O–H groups in total. The maximum atomic E-state index is 12.8. The van der Waals surface area contributed by atoms with Crippen molar-refractivity contribution in [2.75, 3.05) is 44.0 Å². The summed E-state index contributed by atoms with van der Waals surface area (Å²) in [5, 5.41) is 0. The molecule has 1 amide bonds. The van der Waals surface area contributed by atoms with Gasteiger partial charge < -0.3 is 25.0 Å². The number of ether oxygens (including phenoxy) is 2. The zero-order valence-electron chi connectivity index (χ0n) is 20.3. The number of carbonyl (C=O) groups excluding carboxylic acids is 1. The summed E-state index contributed by atoms with van der Waals surface area (Å²) in [6, 6.07) is 0.123. The molecule has 0 unspecified atom stereocenters. The van der Waals surface area contributed by atoms with E-state index in [0.29, 0.717) is 32.1 Å². The summed E-state index contributed by atoms with van der Waals surface area (Å²) in [4.78, 5) is 22.1. The number of piperazine rings is 1. The van der Waals surface area contributed by atoms with E-state index >= 15 is 0 Å². The van der Waals surface area contributed by atoms with Crippen molar-refractivity contribution < 1.29 is 14.3 Å². The number of fused-ring (bicyclic) bond motifs is 1. The molecule has 0 saturated carbocycles. The fraction of sp³-hybridized carbons (Fsp3) is 0.750. The van der Waals surface area contributed by atoms with Crippen LogP contribution in [0.2, 0.25) is 0 Å². The van der Waals surface area contributed by atoms with Gasteiger partial charge in [0.15, 0.2) is 5.82 Å². The van der Waals surface area contributed by atoms with Crippen LogP contribution in [0.1, 0.15) is 70.7 Å². The van der Waals surface area contributed by atoms with Crippen molar-refractivity contribution in [2.45, 2.75) is 78.6 Å². The predicted molar refractivity (Wildman–Crippen MR) is 124 cm³/mol. The minimum Gasteiger partial charge on any atom is -0.395 e. The third-order valence-electron chi connectivity index (χ3n) is 6.55. The molecule has 0 aromatic carbocycles. The van der Waals surface area contributed by atoms with Crippen LogP contribution in [0.4, 0.5) is 11.5 Å². The number of amides is 1. The Balaban J connectivity index is 1.94. The summed E-state index contributed by atoms with van der Waals surface area (Å²) in [7, 11) is 1.63. The first-order chi connectivity index (χ1) is 14.6. The molecule has 1 fully saturated rings. The van der Waals surface area contributed by atoms with Crippen molar-refractivity contribution in [3.8, 4) is 0 Å². The Bertz CT molecular complexity index is 807. The summed E-state index contributed by atoms with van der Waals surface area (Å²) in [6.07, 6.45) is 1.21. The fourth-order valence-corrected chi connectivity index (χ4v) is 4.74. The third kappa shape index (κ3) is 4.98. The molecule has 0 radical (unpaired) electrons. The number of carbonyl (C=O) groups is 1. The van der Waals surface area contributed by atoms with E-state index in [1.807, 2.05) is 4.90 Å². The number of hydrogen-bond donors (Lipinski definition) is 1. The first-order valence-electron chi connectivity index (χ1n) is 11.5. The molecule has 1 atom stereocenters. The topological polar surface area (TPSA) is 80.9 Å². The van der Waals surface area contributed by atoms with Crippen molar-refractivity contribution in [1.82, 2.24) is 9.88 Å². The SMILES string of the molecule is COCCC(=O)N1CCN(c2nc(C(C)C)c3c(c2N)CC(C)(C)OC3)C[C@H]1C(C)C. The van der Waals surface area contributed by atoms with Crippen LogP contribution in [0.3, 0.4) is 0 Å². The van der Waals surface area contributed by atoms with Gasteiger partial charge in [-0.3, -0.25) is 4.79 Å². The molecule has 31 heavy (non-hydrogen) atoms. The van der Waals surface area contributed by atoms with Crippen molar-refractivity contribution in [1.29, 1.82) is 0 Å². The monoisotopic (exact) mass is 432 g/mol. The van der Waals surface area contributed by atoms with Crippen molar-refractivity contribution >= 4 is 17.4 Å². The molecule has 1 aromatic heterocycles. The molecule has 1 aromatic rings. The van der Waals surface area contributed by atoms with Gasteiger partial charge in [-0.2, -0.15) is 0 Å². The molecule has 174 valence electrons. The maximum Gasteiger partial charge on any atom is 0.225 e. The lowest BCUT2D eigenvalue weighted by molar-refractivity contribution is -0.135. The second-order valence-corrected chi connectivity index (χ2v) is 10.2. The van der Waals surface area contributed by atoms with Crippen LogP contribution in [0, 0.1) is 5.92 Å². The lowest BCUT2D eigenvalue weighted by Gasteiger charge is -2.45. The fourth-order valence-electron chi connectivity index (χ4n) is 4.74. The maximum absolute atomic E-state index is 12.8. The second-order valence-electron chi connectivity index (χ2n) is 10.2. The summed E-state index contributed by atoms with van der Waals surface area (Å²) in [6.45, 7) is 16.1. The van der Waals surface area contributed by atoms with Crippen LogP contribution in [0.15, 0.2) is 0 Å². The van der Waals surface area contributed by atoms with Crippen LogP contribution < -0.4 is 10.6 Å². The minimum atomic E-state index is -0.235. The van der Waals surface area contributed by atoms with Gasteiger partial charge in [-0.25, -0.2) is 4.98 Å². The first kappa shape index (κ1) is 23.8. The van der Waals surface area contributed by atoms with Gasteiger partial charge in [-0.05, 0) is 31.2 Å². The quantitative estimate of drug-likeness (QED) is 0.742. The Morgan fingerprint density at radius 3 is 2.58 bits per heavy atom. The van der Waals surface area contributed by atoms with Crippen molar-refractivity contribution in [2.24, 2.45) is 5.92 Å². The molecule has 7 heteroatoms. The number of methoxy groups -OCH3 is 1. The van der Waals surface area contributed by atoms with Crippen LogP contribution in [-0.4, -0.2) is 60.8 Å². The standard InChI is InChI=1S/C24H40N4O3/c1-15(2)19-13-27(9-10-28(19)20(29)8-11-30-7)23-21(25)17-12-24(5,6)31-14-18(17)22(26-23)16(3)4/h15-16,19H,8-14,25H2,1-7H3/t19-/m0/s1. The molecule has 7 nitrogen and oxygen atoms in total. The van der Waals surface area contributed by atoms with Gasteiger partial charge in [0.2, 0.25) is 5.91 Å². The molecule has 0 bridgehead atoms. The molecule has 2 aliphatic rings. The summed E-state index contributed by atoms with van der Waals surface area (Å²) < 4.78 is 11.2.